The summed E-state index contributed by atoms with van der Waals surface area (Å²) in [7, 11) is 4.13. The first-order valence-electron chi connectivity index (χ1n) is 6.64. The Morgan fingerprint density at radius 2 is 1.90 bits per heavy atom. The SMILES string of the molecule is CN(C)Cc1ccccc1NCc1cccc(C#N)c1. The van der Waals surface area contributed by atoms with E-state index < -0.39 is 0 Å². The van der Waals surface area contributed by atoms with Crippen LogP contribution >= 0.6 is 0 Å². The molecule has 3 heteroatoms. The third kappa shape index (κ3) is 3.84. The summed E-state index contributed by atoms with van der Waals surface area (Å²) in [5.74, 6) is 0. The quantitative estimate of drug-likeness (QED) is 0.902. The molecule has 0 unspecified atom stereocenters. The molecule has 0 aliphatic rings. The van der Waals surface area contributed by atoms with Crippen LogP contribution in [0.3, 0.4) is 0 Å². The van der Waals surface area contributed by atoms with Crippen LogP contribution in [0.1, 0.15) is 16.7 Å². The number of anilines is 1. The van der Waals surface area contributed by atoms with Crippen molar-refractivity contribution < 1.29 is 0 Å². The molecule has 0 aliphatic heterocycles. The fourth-order valence-corrected chi connectivity index (χ4v) is 2.12. The summed E-state index contributed by atoms with van der Waals surface area (Å²) in [6.07, 6.45) is 0. The average molecular weight is 265 g/mol. The van der Waals surface area contributed by atoms with Crippen molar-refractivity contribution in [1.82, 2.24) is 4.90 Å². The third-order valence-electron chi connectivity index (χ3n) is 3.04. The van der Waals surface area contributed by atoms with Crippen LogP contribution < -0.4 is 5.32 Å². The van der Waals surface area contributed by atoms with Gasteiger partial charge >= 0.3 is 0 Å². The lowest BCUT2D eigenvalue weighted by atomic mass is 10.1. The molecule has 20 heavy (non-hydrogen) atoms. The van der Waals surface area contributed by atoms with E-state index in [9.17, 15) is 0 Å². The van der Waals surface area contributed by atoms with Gasteiger partial charge < -0.3 is 10.2 Å². The zero-order valence-electron chi connectivity index (χ0n) is 11.9. The van der Waals surface area contributed by atoms with E-state index in [1.165, 1.54) is 5.56 Å². The molecule has 0 spiro atoms. The summed E-state index contributed by atoms with van der Waals surface area (Å²) in [4.78, 5) is 2.15. The van der Waals surface area contributed by atoms with Gasteiger partial charge in [0.1, 0.15) is 0 Å². The Kier molecular flexibility index (Phi) is 4.75. The lowest BCUT2D eigenvalue weighted by Crippen LogP contribution is -2.12. The van der Waals surface area contributed by atoms with Crippen molar-refractivity contribution in [3.05, 3.63) is 65.2 Å². The second-order valence-corrected chi connectivity index (χ2v) is 5.06. The van der Waals surface area contributed by atoms with Crippen molar-refractivity contribution in [2.45, 2.75) is 13.1 Å². The van der Waals surface area contributed by atoms with Gasteiger partial charge in [0.25, 0.3) is 0 Å². The summed E-state index contributed by atoms with van der Waals surface area (Å²) in [6, 6.07) is 18.2. The Hall–Kier alpha value is -2.31. The molecule has 0 bridgehead atoms. The largest absolute Gasteiger partial charge is 0.381 e. The molecule has 2 rings (SSSR count). The monoisotopic (exact) mass is 265 g/mol. The maximum atomic E-state index is 8.91. The molecule has 3 nitrogen and oxygen atoms in total. The molecule has 2 aromatic carbocycles. The number of nitrogens with zero attached hydrogens (tertiary/aromatic N) is 2. The normalized spacial score (nSPS) is 10.3. The van der Waals surface area contributed by atoms with Crippen LogP contribution in [0.25, 0.3) is 0 Å². The van der Waals surface area contributed by atoms with Crippen LogP contribution in [-0.2, 0) is 13.1 Å². The summed E-state index contributed by atoms with van der Waals surface area (Å²) in [5.41, 5.74) is 4.23. The van der Waals surface area contributed by atoms with E-state index in [0.29, 0.717) is 5.56 Å². The first-order valence-corrected chi connectivity index (χ1v) is 6.64. The molecule has 0 amide bonds. The van der Waals surface area contributed by atoms with E-state index in [1.54, 1.807) is 0 Å². The van der Waals surface area contributed by atoms with Crippen molar-refractivity contribution in [1.29, 1.82) is 5.26 Å². The van der Waals surface area contributed by atoms with Crippen LogP contribution in [0.4, 0.5) is 5.69 Å². The van der Waals surface area contributed by atoms with E-state index in [-0.39, 0.29) is 0 Å². The fraction of sp³-hybridized carbons (Fsp3) is 0.235. The highest BCUT2D eigenvalue weighted by atomic mass is 15.1. The summed E-state index contributed by atoms with van der Waals surface area (Å²) < 4.78 is 0. The molecule has 0 atom stereocenters. The maximum Gasteiger partial charge on any atom is 0.0991 e. The Morgan fingerprint density at radius 3 is 2.65 bits per heavy atom. The number of nitriles is 1. The predicted molar refractivity (Wildman–Crippen MR) is 82.3 cm³/mol. The molecule has 0 aliphatic carbocycles. The zero-order valence-corrected chi connectivity index (χ0v) is 11.9. The smallest absolute Gasteiger partial charge is 0.0991 e. The number of hydrogen-bond acceptors (Lipinski definition) is 3. The van der Waals surface area contributed by atoms with Crippen LogP contribution in [0.2, 0.25) is 0 Å². The van der Waals surface area contributed by atoms with Gasteiger partial charge in [-0.1, -0.05) is 30.3 Å². The highest BCUT2D eigenvalue weighted by molar-refractivity contribution is 5.51. The standard InChI is InChI=1S/C17H19N3/c1-20(2)13-16-8-3-4-9-17(16)19-12-15-7-5-6-14(10-15)11-18/h3-10,19H,12-13H2,1-2H3. The molecule has 0 saturated heterocycles. The van der Waals surface area contributed by atoms with Gasteiger partial charge in [0, 0.05) is 18.8 Å². The number of rotatable bonds is 5. The summed E-state index contributed by atoms with van der Waals surface area (Å²) in [5, 5.41) is 12.4. The Labute approximate surface area is 120 Å². The summed E-state index contributed by atoms with van der Waals surface area (Å²) in [6.45, 7) is 1.63. The second-order valence-electron chi connectivity index (χ2n) is 5.06. The summed E-state index contributed by atoms with van der Waals surface area (Å²) >= 11 is 0. The number of nitrogens with one attached hydrogen (secondary N) is 1. The van der Waals surface area contributed by atoms with Crippen molar-refractivity contribution in [2.75, 3.05) is 19.4 Å². The fourth-order valence-electron chi connectivity index (χ4n) is 2.12. The lowest BCUT2D eigenvalue weighted by molar-refractivity contribution is 0.403. The van der Waals surface area contributed by atoms with Gasteiger partial charge in [-0.3, -0.25) is 0 Å². The molecular weight excluding hydrogens is 246 g/mol. The topological polar surface area (TPSA) is 39.1 Å². The third-order valence-corrected chi connectivity index (χ3v) is 3.04. The maximum absolute atomic E-state index is 8.91. The van der Waals surface area contributed by atoms with Gasteiger partial charge in [-0.2, -0.15) is 5.26 Å². The second kappa shape index (κ2) is 6.74. The molecule has 0 radical (unpaired) electrons. The van der Waals surface area contributed by atoms with Gasteiger partial charge in [0.2, 0.25) is 0 Å². The van der Waals surface area contributed by atoms with Crippen molar-refractivity contribution in [2.24, 2.45) is 0 Å². The minimum absolute atomic E-state index is 0.700. The molecule has 0 aromatic heterocycles. The lowest BCUT2D eigenvalue weighted by Gasteiger charge is -2.15. The average Bonchev–Trinajstić information content (AvgIpc) is 2.46. The van der Waals surface area contributed by atoms with Crippen molar-refractivity contribution in [3.63, 3.8) is 0 Å². The number of para-hydroxylation sites is 1. The minimum atomic E-state index is 0.700. The Morgan fingerprint density at radius 1 is 1.10 bits per heavy atom. The number of benzene rings is 2. The highest BCUT2D eigenvalue weighted by Gasteiger charge is 2.03. The van der Waals surface area contributed by atoms with Gasteiger partial charge in [0.15, 0.2) is 0 Å². The Balaban J connectivity index is 2.09. The van der Waals surface area contributed by atoms with Crippen molar-refractivity contribution >= 4 is 5.69 Å². The molecule has 0 heterocycles. The van der Waals surface area contributed by atoms with E-state index in [0.717, 1.165) is 24.3 Å². The van der Waals surface area contributed by atoms with E-state index in [2.05, 4.69) is 48.6 Å². The predicted octanol–water partition coefficient (Wildman–Crippen LogP) is 3.23. The van der Waals surface area contributed by atoms with E-state index in [1.807, 2.05) is 30.3 Å². The molecule has 1 N–H and O–H groups in total. The zero-order chi connectivity index (χ0) is 14.4. The van der Waals surface area contributed by atoms with E-state index in [4.69, 9.17) is 5.26 Å². The first kappa shape index (κ1) is 14.1. The molecule has 0 saturated carbocycles. The van der Waals surface area contributed by atoms with Crippen molar-refractivity contribution in [3.8, 4) is 6.07 Å². The van der Waals surface area contributed by atoms with Gasteiger partial charge in [-0.25, -0.2) is 0 Å². The molecule has 102 valence electrons. The highest BCUT2D eigenvalue weighted by Crippen LogP contribution is 2.17. The van der Waals surface area contributed by atoms with E-state index >= 15 is 0 Å². The minimum Gasteiger partial charge on any atom is -0.381 e. The van der Waals surface area contributed by atoms with Gasteiger partial charge in [0.05, 0.1) is 11.6 Å². The van der Waals surface area contributed by atoms with Gasteiger partial charge in [-0.05, 0) is 43.4 Å². The van der Waals surface area contributed by atoms with Crippen LogP contribution in [-0.4, -0.2) is 19.0 Å². The first-order chi connectivity index (χ1) is 9.69. The molecule has 2 aromatic rings. The van der Waals surface area contributed by atoms with Crippen LogP contribution in [0.15, 0.2) is 48.5 Å². The van der Waals surface area contributed by atoms with Crippen LogP contribution in [0, 0.1) is 11.3 Å². The Bertz CT molecular complexity index is 612. The number of hydrogen-bond donors (Lipinski definition) is 1. The van der Waals surface area contributed by atoms with Gasteiger partial charge in [-0.15, -0.1) is 0 Å². The molecular formula is C17H19N3. The molecule has 0 fully saturated rings. The van der Waals surface area contributed by atoms with Crippen LogP contribution in [0.5, 0.6) is 0 Å².